The van der Waals surface area contributed by atoms with Crippen LogP contribution in [-0.4, -0.2) is 42.8 Å². The number of carbonyl (C=O) groups excluding carboxylic acids is 1. The lowest BCUT2D eigenvalue weighted by Gasteiger charge is -2.37. The van der Waals surface area contributed by atoms with E-state index in [9.17, 15) is 13.2 Å². The Balaban J connectivity index is 2.32. The van der Waals surface area contributed by atoms with Crippen molar-refractivity contribution in [2.45, 2.75) is 18.9 Å². The van der Waals surface area contributed by atoms with Crippen LogP contribution in [0.3, 0.4) is 0 Å². The number of amides is 1. The summed E-state index contributed by atoms with van der Waals surface area (Å²) >= 11 is 0. The average molecular weight is 293 g/mol. The third kappa shape index (κ3) is 2.93. The van der Waals surface area contributed by atoms with E-state index in [-0.39, 0.29) is 17.4 Å². The second-order valence-corrected chi connectivity index (χ2v) is 7.59. The van der Waals surface area contributed by atoms with E-state index in [4.69, 9.17) is 0 Å². The van der Waals surface area contributed by atoms with Crippen molar-refractivity contribution in [1.29, 1.82) is 0 Å². The number of carbonyl (C=O) groups is 1. The van der Waals surface area contributed by atoms with Gasteiger partial charge in [-0.25, -0.2) is 8.42 Å². The predicted octanol–water partition coefficient (Wildman–Crippen LogP) is 1.89. The summed E-state index contributed by atoms with van der Waals surface area (Å²) in [4.78, 5) is 14.2. The van der Waals surface area contributed by atoms with Crippen molar-refractivity contribution < 1.29 is 13.2 Å². The average Bonchev–Trinajstić information content (AvgIpc) is 2.71. The zero-order valence-corrected chi connectivity index (χ0v) is 12.4. The van der Waals surface area contributed by atoms with E-state index in [0.717, 1.165) is 0 Å². The molecule has 1 unspecified atom stereocenters. The van der Waals surface area contributed by atoms with Crippen LogP contribution in [0.2, 0.25) is 0 Å². The summed E-state index contributed by atoms with van der Waals surface area (Å²) in [5, 5.41) is 0. The van der Waals surface area contributed by atoms with Crippen molar-refractivity contribution in [1.82, 2.24) is 4.90 Å². The Morgan fingerprint density at radius 2 is 2.05 bits per heavy atom. The molecule has 1 saturated heterocycles. The zero-order valence-electron chi connectivity index (χ0n) is 11.6. The normalized spacial score (nSPS) is 24.2. The standard InChI is InChI=1S/C15H19NO3S/c1-3-10-16(14(17)13-7-5-4-6-8-13)15(2)9-11-20(18,19)12-15/h3-8H,1,9-12H2,2H3. The van der Waals surface area contributed by atoms with E-state index in [1.807, 2.05) is 13.0 Å². The van der Waals surface area contributed by atoms with Gasteiger partial charge in [-0.05, 0) is 25.5 Å². The van der Waals surface area contributed by atoms with Gasteiger partial charge in [0.2, 0.25) is 0 Å². The van der Waals surface area contributed by atoms with Gasteiger partial charge in [-0.15, -0.1) is 6.58 Å². The number of benzene rings is 1. The van der Waals surface area contributed by atoms with Crippen LogP contribution in [0.4, 0.5) is 0 Å². The van der Waals surface area contributed by atoms with E-state index < -0.39 is 15.4 Å². The summed E-state index contributed by atoms with van der Waals surface area (Å²) in [7, 11) is -3.06. The molecule has 1 aromatic carbocycles. The molecule has 0 bridgehead atoms. The summed E-state index contributed by atoms with van der Waals surface area (Å²) in [5.74, 6) is 0.0103. The molecule has 5 heteroatoms. The van der Waals surface area contributed by atoms with Crippen molar-refractivity contribution in [3.8, 4) is 0 Å². The van der Waals surface area contributed by atoms with Gasteiger partial charge in [0.15, 0.2) is 9.84 Å². The second-order valence-electron chi connectivity index (χ2n) is 5.41. The van der Waals surface area contributed by atoms with Crippen LogP contribution >= 0.6 is 0 Å². The molecule has 0 radical (unpaired) electrons. The number of sulfone groups is 1. The fourth-order valence-electron chi connectivity index (χ4n) is 2.62. The van der Waals surface area contributed by atoms with Gasteiger partial charge in [-0.2, -0.15) is 0 Å². The second kappa shape index (κ2) is 5.40. The molecule has 0 spiro atoms. The number of hydrogen-bond acceptors (Lipinski definition) is 3. The first-order valence-electron chi connectivity index (χ1n) is 6.56. The molecule has 108 valence electrons. The van der Waals surface area contributed by atoms with Crippen LogP contribution in [0.5, 0.6) is 0 Å². The molecule has 1 aliphatic rings. The number of hydrogen-bond donors (Lipinski definition) is 0. The van der Waals surface area contributed by atoms with Crippen LogP contribution in [0.15, 0.2) is 43.0 Å². The summed E-state index contributed by atoms with van der Waals surface area (Å²) in [6.45, 7) is 5.85. The minimum atomic E-state index is -3.06. The van der Waals surface area contributed by atoms with Crippen LogP contribution in [0.1, 0.15) is 23.7 Å². The third-order valence-electron chi connectivity index (χ3n) is 3.71. The Morgan fingerprint density at radius 3 is 2.55 bits per heavy atom. The van der Waals surface area contributed by atoms with Gasteiger partial charge in [0.05, 0.1) is 17.0 Å². The maximum Gasteiger partial charge on any atom is 0.254 e. The highest BCUT2D eigenvalue weighted by Crippen LogP contribution is 2.30. The van der Waals surface area contributed by atoms with Crippen LogP contribution in [0, 0.1) is 0 Å². The fourth-order valence-corrected chi connectivity index (χ4v) is 4.76. The first kappa shape index (κ1) is 14.8. The molecule has 20 heavy (non-hydrogen) atoms. The molecular formula is C15H19NO3S. The van der Waals surface area contributed by atoms with Gasteiger partial charge in [0, 0.05) is 12.1 Å². The lowest BCUT2D eigenvalue weighted by molar-refractivity contribution is 0.0597. The maximum atomic E-state index is 12.6. The molecule has 0 saturated carbocycles. The molecule has 1 atom stereocenters. The molecule has 0 N–H and O–H groups in total. The first-order valence-corrected chi connectivity index (χ1v) is 8.38. The zero-order chi connectivity index (χ0) is 14.8. The van der Waals surface area contributed by atoms with Gasteiger partial charge < -0.3 is 4.90 Å². The van der Waals surface area contributed by atoms with Crippen molar-refractivity contribution >= 4 is 15.7 Å². The molecule has 1 heterocycles. The lowest BCUT2D eigenvalue weighted by atomic mass is 9.97. The molecule has 4 nitrogen and oxygen atoms in total. The molecule has 1 amide bonds. The Hall–Kier alpha value is -1.62. The van der Waals surface area contributed by atoms with E-state index in [1.54, 1.807) is 35.2 Å². The quantitative estimate of drug-likeness (QED) is 0.797. The highest BCUT2D eigenvalue weighted by atomic mass is 32.2. The van der Waals surface area contributed by atoms with Crippen LogP contribution < -0.4 is 0 Å². The topological polar surface area (TPSA) is 54.5 Å². The number of nitrogens with zero attached hydrogens (tertiary/aromatic N) is 1. The summed E-state index contributed by atoms with van der Waals surface area (Å²) < 4.78 is 23.5. The predicted molar refractivity (Wildman–Crippen MR) is 79.4 cm³/mol. The molecule has 2 rings (SSSR count). The molecule has 1 aliphatic heterocycles. The molecule has 0 aromatic heterocycles. The minimum Gasteiger partial charge on any atom is -0.328 e. The Kier molecular flexibility index (Phi) is 3.99. The van der Waals surface area contributed by atoms with Crippen molar-refractivity contribution in [2.75, 3.05) is 18.1 Å². The highest BCUT2D eigenvalue weighted by molar-refractivity contribution is 7.91. The van der Waals surface area contributed by atoms with Crippen LogP contribution in [-0.2, 0) is 9.84 Å². The smallest absolute Gasteiger partial charge is 0.254 e. The van der Waals surface area contributed by atoms with Gasteiger partial charge >= 0.3 is 0 Å². The van der Waals surface area contributed by atoms with E-state index in [0.29, 0.717) is 18.5 Å². The van der Waals surface area contributed by atoms with Gasteiger partial charge in [0.25, 0.3) is 5.91 Å². The number of rotatable bonds is 4. The summed E-state index contributed by atoms with van der Waals surface area (Å²) in [6.07, 6.45) is 2.11. The summed E-state index contributed by atoms with van der Waals surface area (Å²) in [6, 6.07) is 8.92. The van der Waals surface area contributed by atoms with Crippen LogP contribution in [0.25, 0.3) is 0 Å². The maximum absolute atomic E-state index is 12.6. The van der Waals surface area contributed by atoms with Gasteiger partial charge in [0.1, 0.15) is 0 Å². The van der Waals surface area contributed by atoms with Crippen molar-refractivity contribution in [2.24, 2.45) is 0 Å². The minimum absolute atomic E-state index is 0.0203. The first-order chi connectivity index (χ1) is 9.38. The van der Waals surface area contributed by atoms with Crippen molar-refractivity contribution in [3.05, 3.63) is 48.6 Å². The van der Waals surface area contributed by atoms with Gasteiger partial charge in [-0.3, -0.25) is 4.79 Å². The Labute approximate surface area is 120 Å². The molecule has 1 aromatic rings. The molecule has 0 aliphatic carbocycles. The largest absolute Gasteiger partial charge is 0.328 e. The van der Waals surface area contributed by atoms with Gasteiger partial charge in [-0.1, -0.05) is 24.3 Å². The summed E-state index contributed by atoms with van der Waals surface area (Å²) in [5.41, 5.74) is -0.0835. The van der Waals surface area contributed by atoms with Crippen molar-refractivity contribution in [3.63, 3.8) is 0 Å². The lowest BCUT2D eigenvalue weighted by Crippen LogP contribution is -2.50. The molecule has 1 fully saturated rings. The third-order valence-corrected chi connectivity index (χ3v) is 5.60. The SMILES string of the molecule is C=CCN(C(=O)c1ccccc1)C1(C)CCS(=O)(=O)C1. The van der Waals surface area contributed by atoms with E-state index in [1.165, 1.54) is 0 Å². The van der Waals surface area contributed by atoms with E-state index in [2.05, 4.69) is 6.58 Å². The Bertz CT molecular complexity index is 609. The van der Waals surface area contributed by atoms with E-state index >= 15 is 0 Å². The fraction of sp³-hybridized carbons (Fsp3) is 0.400. The monoisotopic (exact) mass is 293 g/mol. The Morgan fingerprint density at radius 1 is 1.40 bits per heavy atom. The highest BCUT2D eigenvalue weighted by Gasteiger charge is 2.44. The molecular weight excluding hydrogens is 274 g/mol.